The zero-order valence-electron chi connectivity index (χ0n) is 13.2. The molecule has 1 aromatic carbocycles. The molecular formula is C16H21BrN2O4. The van der Waals surface area contributed by atoms with Crippen LogP contribution in [0.1, 0.15) is 30.6 Å². The first-order valence-electron chi connectivity index (χ1n) is 7.33. The summed E-state index contributed by atoms with van der Waals surface area (Å²) < 4.78 is 0.877. The third kappa shape index (κ3) is 7.27. The molecule has 6 nitrogen and oxygen atoms in total. The highest BCUT2D eigenvalue weighted by Gasteiger charge is 2.17. The minimum absolute atomic E-state index is 0.0717. The van der Waals surface area contributed by atoms with Crippen LogP contribution in [0.3, 0.4) is 0 Å². The summed E-state index contributed by atoms with van der Waals surface area (Å²) in [5, 5.41) is 11.5. The lowest BCUT2D eigenvalue weighted by molar-refractivity contribution is -0.144. The Hall–Kier alpha value is -1.89. The molecule has 7 heteroatoms. The molecule has 2 amide bonds. The normalized spacial score (nSPS) is 10.4. The molecule has 126 valence electrons. The molecule has 1 rings (SSSR count). The predicted molar refractivity (Wildman–Crippen MR) is 90.1 cm³/mol. The number of hydrogen-bond acceptors (Lipinski definition) is 3. The minimum Gasteiger partial charge on any atom is -0.480 e. The first-order chi connectivity index (χ1) is 10.8. The molecule has 0 saturated heterocycles. The van der Waals surface area contributed by atoms with E-state index in [4.69, 9.17) is 5.11 Å². The van der Waals surface area contributed by atoms with Crippen molar-refractivity contribution in [1.82, 2.24) is 10.2 Å². The maximum Gasteiger partial charge on any atom is 0.323 e. The lowest BCUT2D eigenvalue weighted by atomic mass is 10.2. The van der Waals surface area contributed by atoms with Crippen molar-refractivity contribution in [3.05, 3.63) is 34.3 Å². The van der Waals surface area contributed by atoms with E-state index >= 15 is 0 Å². The van der Waals surface area contributed by atoms with E-state index < -0.39 is 5.97 Å². The Morgan fingerprint density at radius 2 is 1.83 bits per heavy atom. The third-order valence-electron chi connectivity index (χ3n) is 3.00. The first-order valence-corrected chi connectivity index (χ1v) is 8.12. The van der Waals surface area contributed by atoms with Gasteiger partial charge in [0.25, 0.3) is 5.91 Å². The molecule has 0 aliphatic carbocycles. The van der Waals surface area contributed by atoms with Gasteiger partial charge in [0.15, 0.2) is 0 Å². The molecule has 0 aliphatic rings. The van der Waals surface area contributed by atoms with E-state index in [1.165, 1.54) is 4.90 Å². The highest BCUT2D eigenvalue weighted by Crippen LogP contribution is 2.10. The van der Waals surface area contributed by atoms with Crippen molar-refractivity contribution in [1.29, 1.82) is 0 Å². The number of aliphatic carboxylic acids is 1. The van der Waals surface area contributed by atoms with Crippen LogP contribution in [0.5, 0.6) is 0 Å². The summed E-state index contributed by atoms with van der Waals surface area (Å²) in [4.78, 5) is 36.1. The maximum absolute atomic E-state index is 12.1. The number of nitrogens with one attached hydrogen (secondary N) is 1. The van der Waals surface area contributed by atoms with Crippen molar-refractivity contribution in [2.24, 2.45) is 5.92 Å². The van der Waals surface area contributed by atoms with Crippen LogP contribution >= 0.6 is 15.9 Å². The fourth-order valence-corrected chi connectivity index (χ4v) is 2.27. The Balaban J connectivity index is 2.48. The van der Waals surface area contributed by atoms with Gasteiger partial charge in [-0.2, -0.15) is 0 Å². The van der Waals surface area contributed by atoms with E-state index in [0.717, 1.165) is 4.47 Å². The van der Waals surface area contributed by atoms with Crippen LogP contribution in [-0.4, -0.2) is 47.4 Å². The largest absolute Gasteiger partial charge is 0.480 e. The van der Waals surface area contributed by atoms with Gasteiger partial charge in [0, 0.05) is 29.5 Å². The van der Waals surface area contributed by atoms with Crippen LogP contribution in [0.25, 0.3) is 0 Å². The second-order valence-electron chi connectivity index (χ2n) is 5.57. The SMILES string of the molecule is CC(C)CN(CC(=O)O)C(=O)CCNC(=O)c1ccc(Br)cc1. The van der Waals surface area contributed by atoms with Gasteiger partial charge in [0.2, 0.25) is 5.91 Å². The van der Waals surface area contributed by atoms with Gasteiger partial charge < -0.3 is 15.3 Å². The molecule has 1 aromatic rings. The zero-order valence-corrected chi connectivity index (χ0v) is 14.8. The summed E-state index contributed by atoms with van der Waals surface area (Å²) in [7, 11) is 0. The molecule has 2 N–H and O–H groups in total. The van der Waals surface area contributed by atoms with Gasteiger partial charge in [-0.05, 0) is 30.2 Å². The van der Waals surface area contributed by atoms with Crippen LogP contribution in [0, 0.1) is 5.92 Å². The number of nitrogens with zero attached hydrogens (tertiary/aromatic N) is 1. The van der Waals surface area contributed by atoms with Crippen LogP contribution in [-0.2, 0) is 9.59 Å². The average Bonchev–Trinajstić information content (AvgIpc) is 2.46. The highest BCUT2D eigenvalue weighted by molar-refractivity contribution is 9.10. The number of carboxylic acid groups (broad SMARTS) is 1. The number of carbonyl (C=O) groups is 3. The van der Waals surface area contributed by atoms with Crippen LogP contribution < -0.4 is 5.32 Å². The van der Waals surface area contributed by atoms with Crippen LogP contribution in [0.4, 0.5) is 0 Å². The summed E-state index contributed by atoms with van der Waals surface area (Å²) in [6, 6.07) is 6.88. The topological polar surface area (TPSA) is 86.7 Å². The van der Waals surface area contributed by atoms with Gasteiger partial charge >= 0.3 is 5.97 Å². The summed E-state index contributed by atoms with van der Waals surface area (Å²) >= 11 is 3.29. The predicted octanol–water partition coefficient (Wildman–Crippen LogP) is 2.14. The zero-order chi connectivity index (χ0) is 17.4. The van der Waals surface area contributed by atoms with Crippen LogP contribution in [0.2, 0.25) is 0 Å². The summed E-state index contributed by atoms with van der Waals surface area (Å²) in [5.74, 6) is -1.41. The molecule has 0 unspecified atom stereocenters. The van der Waals surface area contributed by atoms with Gasteiger partial charge in [0.1, 0.15) is 6.54 Å². The van der Waals surface area contributed by atoms with E-state index in [1.807, 2.05) is 13.8 Å². The van der Waals surface area contributed by atoms with E-state index in [1.54, 1.807) is 24.3 Å². The first kappa shape index (κ1) is 19.2. The highest BCUT2D eigenvalue weighted by atomic mass is 79.9. The van der Waals surface area contributed by atoms with Crippen molar-refractivity contribution in [3.8, 4) is 0 Å². The lowest BCUT2D eigenvalue weighted by Gasteiger charge is -2.22. The molecule has 0 bridgehead atoms. The molecule has 0 atom stereocenters. The molecule has 0 saturated carbocycles. The Labute approximate surface area is 144 Å². The van der Waals surface area contributed by atoms with Crippen LogP contribution in [0.15, 0.2) is 28.7 Å². The monoisotopic (exact) mass is 384 g/mol. The second kappa shape index (κ2) is 9.29. The Morgan fingerprint density at radius 1 is 1.22 bits per heavy atom. The number of rotatable bonds is 8. The number of amides is 2. The van der Waals surface area contributed by atoms with E-state index in [9.17, 15) is 14.4 Å². The molecule has 0 fully saturated rings. The molecule has 0 aromatic heterocycles. The number of carbonyl (C=O) groups excluding carboxylic acids is 2. The van der Waals surface area contributed by atoms with Gasteiger partial charge in [-0.25, -0.2) is 0 Å². The summed E-state index contributed by atoms with van der Waals surface area (Å²) in [5.41, 5.74) is 0.505. The Kier molecular flexibility index (Phi) is 7.74. The van der Waals surface area contributed by atoms with Crippen molar-refractivity contribution in [3.63, 3.8) is 0 Å². The van der Waals surface area contributed by atoms with E-state index in [-0.39, 0.29) is 37.2 Å². The molecule has 0 radical (unpaired) electrons. The van der Waals surface area contributed by atoms with E-state index in [0.29, 0.717) is 12.1 Å². The Bertz CT molecular complexity index is 558. The number of benzene rings is 1. The number of hydrogen-bond donors (Lipinski definition) is 2. The van der Waals surface area contributed by atoms with Crippen molar-refractivity contribution in [2.45, 2.75) is 20.3 Å². The van der Waals surface area contributed by atoms with E-state index in [2.05, 4.69) is 21.2 Å². The van der Waals surface area contributed by atoms with Gasteiger partial charge in [-0.15, -0.1) is 0 Å². The molecular weight excluding hydrogens is 364 g/mol. The summed E-state index contributed by atoms with van der Waals surface area (Å²) in [6.45, 7) is 4.06. The number of carboxylic acids is 1. The maximum atomic E-state index is 12.1. The second-order valence-corrected chi connectivity index (χ2v) is 6.49. The Morgan fingerprint density at radius 3 is 2.35 bits per heavy atom. The molecule has 23 heavy (non-hydrogen) atoms. The lowest BCUT2D eigenvalue weighted by Crippen LogP contribution is -2.39. The van der Waals surface area contributed by atoms with Gasteiger partial charge in [0.05, 0.1) is 0 Å². The van der Waals surface area contributed by atoms with Gasteiger partial charge in [-0.1, -0.05) is 29.8 Å². The third-order valence-corrected chi connectivity index (χ3v) is 3.52. The van der Waals surface area contributed by atoms with Crippen molar-refractivity contribution >= 4 is 33.7 Å². The summed E-state index contributed by atoms with van der Waals surface area (Å²) in [6.07, 6.45) is 0.0717. The minimum atomic E-state index is -1.04. The quantitative estimate of drug-likeness (QED) is 0.718. The fourth-order valence-electron chi connectivity index (χ4n) is 2.00. The standard InChI is InChI=1S/C16H21BrN2O4/c1-11(2)9-19(10-15(21)22)14(20)7-8-18-16(23)12-3-5-13(17)6-4-12/h3-6,11H,7-10H2,1-2H3,(H,18,23)(H,21,22). The van der Waals surface area contributed by atoms with Crippen molar-refractivity contribution < 1.29 is 19.5 Å². The molecule has 0 aliphatic heterocycles. The fraction of sp³-hybridized carbons (Fsp3) is 0.438. The average molecular weight is 385 g/mol. The van der Waals surface area contributed by atoms with Gasteiger partial charge in [-0.3, -0.25) is 14.4 Å². The van der Waals surface area contributed by atoms with Crippen molar-refractivity contribution in [2.75, 3.05) is 19.6 Å². The number of halogens is 1. The molecule has 0 spiro atoms. The molecule has 0 heterocycles. The smallest absolute Gasteiger partial charge is 0.323 e.